The van der Waals surface area contributed by atoms with E-state index >= 15 is 0 Å². The fraction of sp³-hybridized carbons (Fsp3) is 0.476. The molecule has 8 nitrogen and oxygen atoms in total. The van der Waals surface area contributed by atoms with E-state index < -0.39 is 0 Å². The topological polar surface area (TPSA) is 79.8 Å². The van der Waals surface area contributed by atoms with E-state index in [4.69, 9.17) is 21.1 Å². The highest BCUT2D eigenvalue weighted by Gasteiger charge is 2.19. The lowest BCUT2D eigenvalue weighted by Gasteiger charge is -2.34. The van der Waals surface area contributed by atoms with Crippen LogP contribution in [0.15, 0.2) is 30.6 Å². The van der Waals surface area contributed by atoms with E-state index in [1.54, 1.807) is 18.5 Å². The number of aromatic nitrogens is 2. The molecule has 0 aliphatic carbocycles. The molecule has 3 heterocycles. The van der Waals surface area contributed by atoms with Gasteiger partial charge in [0.15, 0.2) is 11.5 Å². The molecule has 1 aromatic carbocycles. The SMILES string of the molecule is O=C(Cc1cc(Cl)c2c(c1)OCCCO2)NCCN1CCN(c2ncccn2)CC1. The third-order valence-corrected chi connectivity index (χ3v) is 5.46. The third-order valence-electron chi connectivity index (χ3n) is 5.18. The zero-order chi connectivity index (χ0) is 20.8. The smallest absolute Gasteiger partial charge is 0.225 e. The van der Waals surface area contributed by atoms with Gasteiger partial charge in [0, 0.05) is 58.1 Å². The van der Waals surface area contributed by atoms with Crippen molar-refractivity contribution >= 4 is 23.5 Å². The van der Waals surface area contributed by atoms with Crippen LogP contribution in [0.4, 0.5) is 5.95 Å². The first-order valence-electron chi connectivity index (χ1n) is 10.3. The molecular weight excluding hydrogens is 406 g/mol. The lowest BCUT2D eigenvalue weighted by Crippen LogP contribution is -2.49. The lowest BCUT2D eigenvalue weighted by molar-refractivity contribution is -0.120. The number of rotatable bonds is 6. The molecule has 0 spiro atoms. The quantitative estimate of drug-likeness (QED) is 0.746. The van der Waals surface area contributed by atoms with E-state index in [2.05, 4.69) is 25.1 Å². The first-order valence-corrected chi connectivity index (χ1v) is 10.7. The van der Waals surface area contributed by atoms with Crippen LogP contribution in [0.25, 0.3) is 0 Å². The number of carbonyl (C=O) groups is 1. The van der Waals surface area contributed by atoms with Crippen LogP contribution >= 0.6 is 11.6 Å². The van der Waals surface area contributed by atoms with Gasteiger partial charge in [-0.05, 0) is 23.8 Å². The fourth-order valence-electron chi connectivity index (χ4n) is 3.61. The second kappa shape index (κ2) is 9.95. The molecule has 1 aromatic heterocycles. The van der Waals surface area contributed by atoms with Gasteiger partial charge in [0.2, 0.25) is 11.9 Å². The maximum Gasteiger partial charge on any atom is 0.225 e. The van der Waals surface area contributed by atoms with Gasteiger partial charge in [-0.2, -0.15) is 0 Å². The standard InChI is InChI=1S/C21H26ClN5O3/c22-17-13-16(14-18-20(17)30-12-2-11-29-18)15-19(28)23-5-6-26-7-9-27(10-8-26)21-24-3-1-4-25-21/h1,3-4,13-14H,2,5-12,15H2,(H,23,28). The van der Waals surface area contributed by atoms with Crippen molar-refractivity contribution in [1.82, 2.24) is 20.2 Å². The largest absolute Gasteiger partial charge is 0.489 e. The molecule has 0 bridgehead atoms. The Labute approximate surface area is 181 Å². The molecule has 30 heavy (non-hydrogen) atoms. The summed E-state index contributed by atoms with van der Waals surface area (Å²) in [6.07, 6.45) is 4.60. The van der Waals surface area contributed by atoms with Crippen molar-refractivity contribution in [3.05, 3.63) is 41.2 Å². The van der Waals surface area contributed by atoms with Crippen LogP contribution in [0.3, 0.4) is 0 Å². The molecule has 1 amide bonds. The monoisotopic (exact) mass is 431 g/mol. The molecule has 9 heteroatoms. The Morgan fingerprint density at radius 3 is 2.67 bits per heavy atom. The van der Waals surface area contributed by atoms with Crippen molar-refractivity contribution in [1.29, 1.82) is 0 Å². The summed E-state index contributed by atoms with van der Waals surface area (Å²) in [5.41, 5.74) is 0.818. The predicted molar refractivity (Wildman–Crippen MR) is 114 cm³/mol. The van der Waals surface area contributed by atoms with Gasteiger partial charge in [-0.3, -0.25) is 9.69 Å². The van der Waals surface area contributed by atoms with E-state index in [-0.39, 0.29) is 12.3 Å². The summed E-state index contributed by atoms with van der Waals surface area (Å²) < 4.78 is 11.3. The molecule has 0 radical (unpaired) electrons. The molecule has 1 fully saturated rings. The Bertz CT molecular complexity index is 859. The maximum atomic E-state index is 12.4. The average molecular weight is 432 g/mol. The van der Waals surface area contributed by atoms with Crippen LogP contribution in [-0.4, -0.2) is 73.3 Å². The first-order chi connectivity index (χ1) is 14.7. The van der Waals surface area contributed by atoms with Gasteiger partial charge in [0.05, 0.1) is 24.7 Å². The molecule has 4 rings (SSSR count). The number of ether oxygens (including phenoxy) is 2. The van der Waals surface area contributed by atoms with Gasteiger partial charge in [-0.25, -0.2) is 9.97 Å². The summed E-state index contributed by atoms with van der Waals surface area (Å²) in [6, 6.07) is 5.44. The zero-order valence-electron chi connectivity index (χ0n) is 16.8. The minimum absolute atomic E-state index is 0.0307. The van der Waals surface area contributed by atoms with Gasteiger partial charge in [-0.15, -0.1) is 0 Å². The minimum atomic E-state index is -0.0307. The van der Waals surface area contributed by atoms with Gasteiger partial charge < -0.3 is 19.7 Å². The molecule has 2 aliphatic heterocycles. The molecule has 0 atom stereocenters. The van der Waals surface area contributed by atoms with Crippen LogP contribution < -0.4 is 19.7 Å². The van der Waals surface area contributed by atoms with Gasteiger partial charge >= 0.3 is 0 Å². The number of piperazine rings is 1. The number of hydrogen-bond donors (Lipinski definition) is 1. The number of nitrogens with zero attached hydrogens (tertiary/aromatic N) is 4. The van der Waals surface area contributed by atoms with Crippen molar-refractivity contribution in [2.75, 3.05) is 57.4 Å². The second-order valence-corrected chi connectivity index (χ2v) is 7.77. The van der Waals surface area contributed by atoms with Gasteiger partial charge in [-0.1, -0.05) is 11.6 Å². The third kappa shape index (κ3) is 5.31. The normalized spacial score (nSPS) is 16.8. The molecule has 0 unspecified atom stereocenters. The predicted octanol–water partition coefficient (Wildman–Crippen LogP) is 1.77. The summed E-state index contributed by atoms with van der Waals surface area (Å²) in [5, 5.41) is 3.48. The van der Waals surface area contributed by atoms with Crippen LogP contribution in [0.2, 0.25) is 5.02 Å². The lowest BCUT2D eigenvalue weighted by atomic mass is 10.1. The van der Waals surface area contributed by atoms with Crippen LogP contribution in [-0.2, 0) is 11.2 Å². The van der Waals surface area contributed by atoms with Gasteiger partial charge in [0.25, 0.3) is 0 Å². The van der Waals surface area contributed by atoms with Crippen LogP contribution in [0, 0.1) is 0 Å². The average Bonchev–Trinajstić information content (AvgIpc) is 3.01. The Morgan fingerprint density at radius 1 is 1.10 bits per heavy atom. The summed E-state index contributed by atoms with van der Waals surface area (Å²) in [4.78, 5) is 25.5. The van der Waals surface area contributed by atoms with Crippen LogP contribution in [0.1, 0.15) is 12.0 Å². The Kier molecular flexibility index (Phi) is 6.86. The summed E-state index contributed by atoms with van der Waals surface area (Å²) in [7, 11) is 0. The molecule has 0 saturated carbocycles. The molecule has 2 aromatic rings. The Morgan fingerprint density at radius 2 is 1.87 bits per heavy atom. The number of halogens is 1. The van der Waals surface area contributed by atoms with Gasteiger partial charge in [0.1, 0.15) is 0 Å². The highest BCUT2D eigenvalue weighted by Crippen LogP contribution is 2.38. The van der Waals surface area contributed by atoms with Crippen LogP contribution in [0.5, 0.6) is 11.5 Å². The number of fused-ring (bicyclic) bond motifs is 1. The number of amides is 1. The fourth-order valence-corrected chi connectivity index (χ4v) is 3.90. The highest BCUT2D eigenvalue weighted by atomic mass is 35.5. The first kappa shape index (κ1) is 20.7. The molecule has 1 N–H and O–H groups in total. The van der Waals surface area contributed by atoms with Crippen molar-refractivity contribution in [2.45, 2.75) is 12.8 Å². The molecule has 2 aliphatic rings. The van der Waals surface area contributed by atoms with Crippen molar-refractivity contribution < 1.29 is 14.3 Å². The highest BCUT2D eigenvalue weighted by molar-refractivity contribution is 6.32. The number of carbonyl (C=O) groups excluding carboxylic acids is 1. The van der Waals surface area contributed by atoms with Crippen molar-refractivity contribution in [3.63, 3.8) is 0 Å². The summed E-state index contributed by atoms with van der Waals surface area (Å²) in [6.45, 7) is 6.21. The van der Waals surface area contributed by atoms with E-state index in [1.165, 1.54) is 0 Å². The molecule has 160 valence electrons. The Balaban J connectivity index is 1.20. The van der Waals surface area contributed by atoms with E-state index in [9.17, 15) is 4.79 Å². The van der Waals surface area contributed by atoms with E-state index in [1.807, 2.05) is 12.1 Å². The number of anilines is 1. The van der Waals surface area contributed by atoms with E-state index in [0.717, 1.165) is 50.7 Å². The summed E-state index contributed by atoms with van der Waals surface area (Å²) >= 11 is 6.31. The zero-order valence-corrected chi connectivity index (χ0v) is 17.6. The number of hydrogen-bond acceptors (Lipinski definition) is 7. The Hall–Kier alpha value is -2.58. The van der Waals surface area contributed by atoms with E-state index in [0.29, 0.717) is 36.3 Å². The van der Waals surface area contributed by atoms with Crippen molar-refractivity contribution in [2.24, 2.45) is 0 Å². The maximum absolute atomic E-state index is 12.4. The van der Waals surface area contributed by atoms with Crippen molar-refractivity contribution in [3.8, 4) is 11.5 Å². The molecule has 1 saturated heterocycles. The summed E-state index contributed by atoms with van der Waals surface area (Å²) in [5.74, 6) is 1.93. The second-order valence-electron chi connectivity index (χ2n) is 7.36. The molecular formula is C21H26ClN5O3. The number of benzene rings is 1. The number of nitrogens with one attached hydrogen (secondary N) is 1. The minimum Gasteiger partial charge on any atom is -0.489 e.